The molecule has 3 N–H and O–H groups in total. The van der Waals surface area contributed by atoms with E-state index in [4.69, 9.17) is 14.6 Å². The number of carboxylic acids is 1. The number of carboxylic acid groups (broad SMARTS) is 1. The van der Waals surface area contributed by atoms with Crippen LogP contribution in [0.15, 0.2) is 24.7 Å². The molecule has 0 bridgehead atoms. The van der Waals surface area contributed by atoms with E-state index in [2.05, 4.69) is 25.5 Å². The third kappa shape index (κ3) is 5.90. The summed E-state index contributed by atoms with van der Waals surface area (Å²) in [6, 6.07) is 1.71. The van der Waals surface area contributed by atoms with E-state index >= 15 is 0 Å². The predicted molar refractivity (Wildman–Crippen MR) is 100 cm³/mol. The van der Waals surface area contributed by atoms with Gasteiger partial charge in [-0.05, 0) is 18.9 Å². The van der Waals surface area contributed by atoms with E-state index < -0.39 is 18.0 Å². The lowest BCUT2D eigenvalue weighted by atomic mass is 9.88. The first-order valence-corrected chi connectivity index (χ1v) is 9.55. The smallest absolute Gasteiger partial charge is 0.475 e. The second-order valence-corrected chi connectivity index (χ2v) is 7.37. The Labute approximate surface area is 179 Å². The molecular weight excluding hydrogens is 440 g/mol. The number of alkyl halides is 3. The molecule has 0 radical (unpaired) electrons. The summed E-state index contributed by atoms with van der Waals surface area (Å²) in [6.07, 6.45) is 1.29. The molecule has 1 amide bonds. The summed E-state index contributed by atoms with van der Waals surface area (Å²) >= 11 is 0. The van der Waals surface area contributed by atoms with Crippen LogP contribution in [-0.4, -0.2) is 79.6 Å². The Morgan fingerprint density at radius 2 is 2.00 bits per heavy atom. The lowest BCUT2D eigenvalue weighted by molar-refractivity contribution is -0.192. The Balaban J connectivity index is 0.000000360. The molecule has 1 spiro atoms. The number of H-pyrrole nitrogens is 1. The highest BCUT2D eigenvalue weighted by atomic mass is 19.4. The third-order valence-corrected chi connectivity index (χ3v) is 4.96. The van der Waals surface area contributed by atoms with Crippen LogP contribution in [0, 0.1) is 5.82 Å². The average molecular weight is 460 g/mol. The maximum atomic E-state index is 12.9. The van der Waals surface area contributed by atoms with Crippen LogP contribution in [0.1, 0.15) is 29.8 Å². The van der Waals surface area contributed by atoms with Crippen molar-refractivity contribution >= 4 is 17.8 Å². The lowest BCUT2D eigenvalue weighted by Crippen LogP contribution is -2.50. The monoisotopic (exact) mass is 460 g/mol. The number of hydrogen-bond acceptors (Lipinski definition) is 7. The molecule has 2 aliphatic rings. The van der Waals surface area contributed by atoms with E-state index in [-0.39, 0.29) is 17.6 Å². The number of aromatic amines is 1. The molecule has 0 aliphatic carbocycles. The standard InChI is InChI=1S/C16H19FN6O2.C2HF3O2/c17-11-7-18-15(19-8-11)21-12-6-16(25-9-12)3-1-5-23(10-16)14(24)13-2-4-20-22-13;3-2(4,5)1(6)7/h2,4,7-8,12H,1,3,5-6,9-10H2,(H,20,22)(H,18,19,21);(H,6,7). The number of carbonyl (C=O) groups is 2. The molecule has 2 aromatic rings. The zero-order valence-electron chi connectivity index (χ0n) is 16.6. The van der Waals surface area contributed by atoms with E-state index in [0.29, 0.717) is 31.3 Å². The van der Waals surface area contributed by atoms with Crippen molar-refractivity contribution in [3.8, 4) is 0 Å². The van der Waals surface area contributed by atoms with Gasteiger partial charge in [0.25, 0.3) is 5.91 Å². The summed E-state index contributed by atoms with van der Waals surface area (Å²) < 4.78 is 50.7. The van der Waals surface area contributed by atoms with Gasteiger partial charge in [-0.1, -0.05) is 0 Å². The van der Waals surface area contributed by atoms with Crippen LogP contribution >= 0.6 is 0 Å². The number of aromatic nitrogens is 4. The van der Waals surface area contributed by atoms with Gasteiger partial charge in [-0.3, -0.25) is 9.89 Å². The fraction of sp³-hybridized carbons (Fsp3) is 0.500. The summed E-state index contributed by atoms with van der Waals surface area (Å²) in [4.78, 5) is 31.1. The van der Waals surface area contributed by atoms with E-state index in [1.165, 1.54) is 0 Å². The molecular formula is C18H20F4N6O4. The molecule has 2 fully saturated rings. The van der Waals surface area contributed by atoms with Crippen LogP contribution in [0.25, 0.3) is 0 Å². The van der Waals surface area contributed by atoms with Crippen LogP contribution in [0.2, 0.25) is 0 Å². The van der Waals surface area contributed by atoms with Gasteiger partial charge in [-0.15, -0.1) is 0 Å². The molecule has 0 aromatic carbocycles. The first-order valence-electron chi connectivity index (χ1n) is 9.55. The normalized spacial score (nSPS) is 22.9. The average Bonchev–Trinajstić information content (AvgIpc) is 3.40. The number of likely N-dealkylation sites (tertiary alicyclic amines) is 1. The zero-order valence-corrected chi connectivity index (χ0v) is 16.6. The fourth-order valence-electron chi connectivity index (χ4n) is 3.61. The lowest BCUT2D eigenvalue weighted by Gasteiger charge is -2.39. The Kier molecular flexibility index (Phi) is 6.91. The van der Waals surface area contributed by atoms with Crippen molar-refractivity contribution in [2.45, 2.75) is 37.1 Å². The third-order valence-electron chi connectivity index (χ3n) is 4.96. The number of piperidine rings is 1. The minimum Gasteiger partial charge on any atom is -0.475 e. The number of anilines is 1. The van der Waals surface area contributed by atoms with Gasteiger partial charge in [-0.2, -0.15) is 18.3 Å². The van der Waals surface area contributed by atoms with Gasteiger partial charge >= 0.3 is 12.1 Å². The number of hydrogen-bond donors (Lipinski definition) is 3. The van der Waals surface area contributed by atoms with E-state index in [0.717, 1.165) is 31.7 Å². The number of carbonyl (C=O) groups excluding carboxylic acids is 1. The van der Waals surface area contributed by atoms with Gasteiger partial charge in [0.2, 0.25) is 5.95 Å². The Bertz CT molecular complexity index is 925. The SMILES string of the molecule is O=C(O)C(F)(F)F.O=C(c1ccn[nH]1)N1CCCC2(CC(Nc3ncc(F)cn3)CO2)C1. The second kappa shape index (κ2) is 9.46. The molecule has 174 valence electrons. The molecule has 4 heterocycles. The van der Waals surface area contributed by atoms with Gasteiger partial charge in [-0.25, -0.2) is 19.2 Å². The Morgan fingerprint density at radius 1 is 1.31 bits per heavy atom. The van der Waals surface area contributed by atoms with Crippen LogP contribution < -0.4 is 5.32 Å². The molecule has 2 aromatic heterocycles. The van der Waals surface area contributed by atoms with E-state index in [9.17, 15) is 22.4 Å². The fourth-order valence-corrected chi connectivity index (χ4v) is 3.61. The van der Waals surface area contributed by atoms with E-state index in [1.807, 2.05) is 4.90 Å². The molecule has 32 heavy (non-hydrogen) atoms. The number of amides is 1. The topological polar surface area (TPSA) is 133 Å². The maximum Gasteiger partial charge on any atom is 0.490 e. The van der Waals surface area contributed by atoms with Crippen molar-refractivity contribution in [1.82, 2.24) is 25.1 Å². The number of rotatable bonds is 3. The van der Waals surface area contributed by atoms with E-state index in [1.54, 1.807) is 12.3 Å². The van der Waals surface area contributed by atoms with Gasteiger partial charge in [0.1, 0.15) is 5.69 Å². The molecule has 2 atom stereocenters. The second-order valence-electron chi connectivity index (χ2n) is 7.37. The number of nitrogens with one attached hydrogen (secondary N) is 2. The van der Waals surface area contributed by atoms with Crippen molar-refractivity contribution in [3.63, 3.8) is 0 Å². The van der Waals surface area contributed by atoms with Gasteiger partial charge in [0.15, 0.2) is 5.82 Å². The molecule has 2 unspecified atom stereocenters. The summed E-state index contributed by atoms with van der Waals surface area (Å²) in [7, 11) is 0. The van der Waals surface area contributed by atoms with Crippen LogP contribution in [0.4, 0.5) is 23.5 Å². The molecule has 10 nitrogen and oxygen atoms in total. The van der Waals surface area contributed by atoms with Crippen molar-refractivity contribution in [2.24, 2.45) is 0 Å². The minimum absolute atomic E-state index is 0.0349. The zero-order chi connectivity index (χ0) is 23.4. The summed E-state index contributed by atoms with van der Waals surface area (Å²) in [5.41, 5.74) is 0.135. The number of nitrogens with zero attached hydrogens (tertiary/aromatic N) is 4. The van der Waals surface area contributed by atoms with Crippen molar-refractivity contribution in [2.75, 3.05) is 25.0 Å². The number of halogens is 4. The van der Waals surface area contributed by atoms with Gasteiger partial charge in [0.05, 0.1) is 37.2 Å². The van der Waals surface area contributed by atoms with Crippen LogP contribution in [0.5, 0.6) is 0 Å². The Morgan fingerprint density at radius 3 is 2.59 bits per heavy atom. The molecule has 2 saturated heterocycles. The highest BCUT2D eigenvalue weighted by Gasteiger charge is 2.45. The number of ether oxygens (including phenoxy) is 1. The highest BCUT2D eigenvalue weighted by molar-refractivity contribution is 5.92. The van der Waals surface area contributed by atoms with Gasteiger partial charge in [0, 0.05) is 19.2 Å². The number of aliphatic carboxylic acids is 1. The molecule has 2 aliphatic heterocycles. The van der Waals surface area contributed by atoms with Gasteiger partial charge < -0.3 is 20.1 Å². The predicted octanol–water partition coefficient (Wildman–Crippen LogP) is 1.85. The molecule has 4 rings (SSSR count). The molecule has 0 saturated carbocycles. The first-order chi connectivity index (χ1) is 15.1. The highest BCUT2D eigenvalue weighted by Crippen LogP contribution is 2.35. The maximum absolute atomic E-state index is 12.9. The summed E-state index contributed by atoms with van der Waals surface area (Å²) in [5.74, 6) is -2.90. The quantitative estimate of drug-likeness (QED) is 0.591. The first kappa shape index (κ1) is 23.4. The van der Waals surface area contributed by atoms with Crippen LogP contribution in [-0.2, 0) is 9.53 Å². The van der Waals surface area contributed by atoms with Crippen molar-refractivity contribution < 1.29 is 37.0 Å². The molecule has 14 heteroatoms. The van der Waals surface area contributed by atoms with Crippen LogP contribution in [0.3, 0.4) is 0 Å². The Hall–Kier alpha value is -3.29. The van der Waals surface area contributed by atoms with Crippen molar-refractivity contribution in [1.29, 1.82) is 0 Å². The minimum atomic E-state index is -5.08. The van der Waals surface area contributed by atoms with Crippen molar-refractivity contribution in [3.05, 3.63) is 36.2 Å². The largest absolute Gasteiger partial charge is 0.490 e. The summed E-state index contributed by atoms with van der Waals surface area (Å²) in [5, 5.41) is 16.9. The summed E-state index contributed by atoms with van der Waals surface area (Å²) in [6.45, 7) is 1.77.